The van der Waals surface area contributed by atoms with E-state index in [-0.39, 0.29) is 30.3 Å². The zero-order valence-electron chi connectivity index (χ0n) is 19.5. The Kier molecular flexibility index (Phi) is 6.69. The second-order valence-corrected chi connectivity index (χ2v) is 9.25. The first kappa shape index (κ1) is 22.6. The zero-order valence-corrected chi connectivity index (χ0v) is 19.5. The molecule has 2 saturated heterocycles. The van der Waals surface area contributed by atoms with Crippen LogP contribution >= 0.6 is 0 Å². The summed E-state index contributed by atoms with van der Waals surface area (Å²) in [6.07, 6.45) is 3.97. The van der Waals surface area contributed by atoms with Crippen molar-refractivity contribution < 1.29 is 14.4 Å². The molecule has 1 unspecified atom stereocenters. The second-order valence-electron chi connectivity index (χ2n) is 9.25. The topological polar surface area (TPSA) is 67.4 Å². The van der Waals surface area contributed by atoms with Crippen molar-refractivity contribution in [3.05, 3.63) is 23.8 Å². The van der Waals surface area contributed by atoms with E-state index in [0.717, 1.165) is 57.5 Å². The molecule has 174 valence electrons. The number of amides is 3. The molecule has 3 amide bonds. The van der Waals surface area contributed by atoms with Crippen LogP contribution in [0.15, 0.2) is 18.2 Å². The lowest BCUT2D eigenvalue weighted by atomic mass is 9.95. The largest absolute Gasteiger partial charge is 0.358 e. The van der Waals surface area contributed by atoms with Gasteiger partial charge in [0.1, 0.15) is 12.6 Å². The monoisotopic (exact) mass is 441 g/mol. The number of carbonyl (C=O) groups is 3. The summed E-state index contributed by atoms with van der Waals surface area (Å²) in [5.74, 6) is -0.155. The number of piperazine rings is 1. The molecule has 32 heavy (non-hydrogen) atoms. The van der Waals surface area contributed by atoms with Crippen molar-refractivity contribution in [2.75, 3.05) is 69.7 Å². The third-order valence-corrected chi connectivity index (χ3v) is 6.84. The van der Waals surface area contributed by atoms with Crippen LogP contribution in [-0.4, -0.2) is 98.4 Å². The van der Waals surface area contributed by atoms with Crippen LogP contribution in [0.2, 0.25) is 0 Å². The van der Waals surface area contributed by atoms with Gasteiger partial charge in [-0.1, -0.05) is 6.92 Å². The predicted molar refractivity (Wildman–Crippen MR) is 125 cm³/mol. The van der Waals surface area contributed by atoms with Gasteiger partial charge in [0.2, 0.25) is 11.8 Å². The maximum atomic E-state index is 13.5. The normalized spacial score (nSPS) is 21.3. The average molecular weight is 442 g/mol. The number of piperidine rings is 1. The van der Waals surface area contributed by atoms with Crippen LogP contribution in [0.5, 0.6) is 0 Å². The number of hydrogen-bond acceptors (Lipinski definition) is 5. The molecule has 2 fully saturated rings. The Morgan fingerprint density at radius 1 is 1.03 bits per heavy atom. The van der Waals surface area contributed by atoms with E-state index in [0.29, 0.717) is 24.3 Å². The van der Waals surface area contributed by atoms with Gasteiger partial charge in [-0.15, -0.1) is 0 Å². The number of carbonyl (C=O) groups excluding carboxylic acids is 3. The Morgan fingerprint density at radius 3 is 2.47 bits per heavy atom. The molecule has 0 spiro atoms. The Balaban J connectivity index is 1.59. The standard InChI is InChI=1S/C24H35N5O3/c1-4-10-26-12-14-27(15-13-26)22(30)17-29-21-16-18(23(31)25(2)3)8-9-19(21)28-11-6-5-7-20(28)24(29)32/h8-9,16,20H,4-7,10-15,17H2,1-3H3. The molecule has 0 N–H and O–H groups in total. The van der Waals surface area contributed by atoms with Gasteiger partial charge in [-0.3, -0.25) is 24.2 Å². The smallest absolute Gasteiger partial charge is 0.253 e. The van der Waals surface area contributed by atoms with Crippen molar-refractivity contribution in [3.8, 4) is 0 Å². The lowest BCUT2D eigenvalue weighted by Crippen LogP contribution is -2.58. The molecule has 0 radical (unpaired) electrons. The maximum Gasteiger partial charge on any atom is 0.253 e. The summed E-state index contributed by atoms with van der Waals surface area (Å²) < 4.78 is 0. The SMILES string of the molecule is CCCN1CCN(C(=O)CN2C(=O)C3CCCCN3c3ccc(C(=O)N(C)C)cc32)CC1. The summed E-state index contributed by atoms with van der Waals surface area (Å²) in [7, 11) is 3.43. The maximum absolute atomic E-state index is 13.5. The highest BCUT2D eigenvalue weighted by atomic mass is 16.2. The van der Waals surface area contributed by atoms with Crippen LogP contribution in [0, 0.1) is 0 Å². The zero-order chi connectivity index (χ0) is 22.8. The van der Waals surface area contributed by atoms with Gasteiger partial charge < -0.3 is 14.7 Å². The van der Waals surface area contributed by atoms with Gasteiger partial charge in [0.05, 0.1) is 11.4 Å². The number of fused-ring (bicyclic) bond motifs is 3. The van der Waals surface area contributed by atoms with Crippen LogP contribution in [0.25, 0.3) is 0 Å². The Morgan fingerprint density at radius 2 is 1.78 bits per heavy atom. The minimum Gasteiger partial charge on any atom is -0.358 e. The molecule has 1 aromatic carbocycles. The van der Waals surface area contributed by atoms with E-state index < -0.39 is 0 Å². The van der Waals surface area contributed by atoms with Crippen LogP contribution in [-0.2, 0) is 9.59 Å². The summed E-state index contributed by atoms with van der Waals surface area (Å²) in [5.41, 5.74) is 2.16. The van der Waals surface area contributed by atoms with Gasteiger partial charge in [-0.05, 0) is 50.4 Å². The third kappa shape index (κ3) is 4.33. The van der Waals surface area contributed by atoms with E-state index in [1.54, 1.807) is 25.1 Å². The molecule has 0 aliphatic carbocycles. The highest BCUT2D eigenvalue weighted by molar-refractivity contribution is 6.09. The summed E-state index contributed by atoms with van der Waals surface area (Å²) in [4.78, 5) is 48.9. The summed E-state index contributed by atoms with van der Waals surface area (Å²) >= 11 is 0. The van der Waals surface area contributed by atoms with Crippen molar-refractivity contribution in [1.82, 2.24) is 14.7 Å². The summed E-state index contributed by atoms with van der Waals surface area (Å²) in [5, 5.41) is 0. The van der Waals surface area contributed by atoms with E-state index in [9.17, 15) is 14.4 Å². The molecule has 8 nitrogen and oxygen atoms in total. The van der Waals surface area contributed by atoms with E-state index in [1.807, 2.05) is 17.0 Å². The predicted octanol–water partition coefficient (Wildman–Crippen LogP) is 1.65. The first-order valence-electron chi connectivity index (χ1n) is 11.8. The Bertz CT molecular complexity index is 878. The fraction of sp³-hybridized carbons (Fsp3) is 0.625. The molecule has 0 saturated carbocycles. The quantitative estimate of drug-likeness (QED) is 0.695. The van der Waals surface area contributed by atoms with Crippen molar-refractivity contribution in [2.45, 2.75) is 38.6 Å². The average Bonchev–Trinajstić information content (AvgIpc) is 2.81. The highest BCUT2D eigenvalue weighted by Gasteiger charge is 2.41. The molecule has 3 heterocycles. The van der Waals surface area contributed by atoms with Gasteiger partial charge in [0, 0.05) is 52.4 Å². The van der Waals surface area contributed by atoms with Crippen LogP contribution in [0.1, 0.15) is 43.0 Å². The summed E-state index contributed by atoms with van der Waals surface area (Å²) in [6.45, 7) is 7.23. The van der Waals surface area contributed by atoms with Crippen LogP contribution < -0.4 is 9.80 Å². The lowest BCUT2D eigenvalue weighted by Gasteiger charge is -2.45. The van der Waals surface area contributed by atoms with Crippen molar-refractivity contribution in [2.24, 2.45) is 0 Å². The molecule has 3 aliphatic rings. The van der Waals surface area contributed by atoms with E-state index in [1.165, 1.54) is 4.90 Å². The van der Waals surface area contributed by atoms with E-state index >= 15 is 0 Å². The highest BCUT2D eigenvalue weighted by Crippen LogP contribution is 2.40. The first-order chi connectivity index (χ1) is 15.4. The van der Waals surface area contributed by atoms with Crippen molar-refractivity contribution in [1.29, 1.82) is 0 Å². The minimum atomic E-state index is -0.221. The van der Waals surface area contributed by atoms with E-state index in [4.69, 9.17) is 0 Å². The number of benzene rings is 1. The Labute approximate surface area is 190 Å². The molecule has 1 atom stereocenters. The number of nitrogens with zero attached hydrogens (tertiary/aromatic N) is 5. The van der Waals surface area contributed by atoms with Crippen molar-refractivity contribution >= 4 is 29.1 Å². The molecular formula is C24H35N5O3. The van der Waals surface area contributed by atoms with E-state index in [2.05, 4.69) is 16.7 Å². The van der Waals surface area contributed by atoms with Crippen LogP contribution in [0.4, 0.5) is 11.4 Å². The molecule has 3 aliphatic heterocycles. The van der Waals surface area contributed by atoms with Gasteiger partial charge >= 0.3 is 0 Å². The fourth-order valence-electron chi connectivity index (χ4n) is 5.08. The van der Waals surface area contributed by atoms with Crippen molar-refractivity contribution in [3.63, 3.8) is 0 Å². The first-order valence-corrected chi connectivity index (χ1v) is 11.8. The molecule has 0 bridgehead atoms. The van der Waals surface area contributed by atoms with Gasteiger partial charge in [0.15, 0.2) is 0 Å². The fourth-order valence-corrected chi connectivity index (χ4v) is 5.08. The number of rotatable bonds is 5. The summed E-state index contributed by atoms with van der Waals surface area (Å²) in [6, 6.07) is 5.33. The minimum absolute atomic E-state index is 0.0194. The molecule has 0 aromatic heterocycles. The Hall–Kier alpha value is -2.61. The van der Waals surface area contributed by atoms with Gasteiger partial charge in [0.25, 0.3) is 5.91 Å². The molecule has 1 aromatic rings. The number of anilines is 2. The number of hydrogen-bond donors (Lipinski definition) is 0. The van der Waals surface area contributed by atoms with Gasteiger partial charge in [-0.25, -0.2) is 0 Å². The lowest BCUT2D eigenvalue weighted by molar-refractivity contribution is -0.133. The third-order valence-electron chi connectivity index (χ3n) is 6.84. The molecule has 4 rings (SSSR count). The molecule has 8 heteroatoms. The van der Waals surface area contributed by atoms with Crippen LogP contribution in [0.3, 0.4) is 0 Å². The second kappa shape index (κ2) is 9.48. The molecular weight excluding hydrogens is 406 g/mol. The van der Waals surface area contributed by atoms with Gasteiger partial charge in [-0.2, -0.15) is 0 Å².